The van der Waals surface area contributed by atoms with Gasteiger partial charge in [-0.2, -0.15) is 0 Å². The highest BCUT2D eigenvalue weighted by atomic mass is 31.2. The quantitative estimate of drug-likeness (QED) is 0.296. The average Bonchev–Trinajstić information content (AvgIpc) is 3.18. The fourth-order valence-corrected chi connectivity index (χ4v) is 4.88. The number of carbonyl (C=O) groups excluding carboxylic acids is 2. The molecular weight excluding hydrogens is 471 g/mol. The fourth-order valence-electron chi connectivity index (χ4n) is 3.94. The van der Waals surface area contributed by atoms with Gasteiger partial charge in [-0.1, -0.05) is 35.9 Å². The molecule has 0 radical (unpaired) electrons. The molecule has 2 aromatic carbocycles. The van der Waals surface area contributed by atoms with Gasteiger partial charge in [-0.05, 0) is 57.9 Å². The van der Waals surface area contributed by atoms with Gasteiger partial charge >= 0.3 is 20.5 Å². The highest BCUT2D eigenvalue weighted by molar-refractivity contribution is 7.41. The Morgan fingerprint density at radius 3 is 2.20 bits per heavy atom. The first-order valence-electron chi connectivity index (χ1n) is 11.7. The van der Waals surface area contributed by atoms with Crippen molar-refractivity contribution in [3.05, 3.63) is 70.3 Å². The first-order chi connectivity index (χ1) is 16.8. The number of aryl methyl sites for hydroxylation is 3. The number of hydrogen-bond acceptors (Lipinski definition) is 8. The van der Waals surface area contributed by atoms with Crippen molar-refractivity contribution in [1.29, 1.82) is 0 Å². The molecule has 0 N–H and O–H groups in total. The Hall–Kier alpha value is -2.35. The molecular formula is C26H33O8P. The van der Waals surface area contributed by atoms with Gasteiger partial charge in [0, 0.05) is 6.42 Å². The summed E-state index contributed by atoms with van der Waals surface area (Å²) in [5.41, 5.74) is 3.69. The van der Waals surface area contributed by atoms with Crippen molar-refractivity contribution in [3.63, 3.8) is 0 Å². The Balaban J connectivity index is 1.73. The maximum atomic E-state index is 13.1. The second-order valence-corrected chi connectivity index (χ2v) is 9.36. The maximum Gasteiger partial charge on any atom is 0.339 e. The van der Waals surface area contributed by atoms with E-state index in [1.165, 1.54) is 0 Å². The van der Waals surface area contributed by atoms with E-state index in [1.54, 1.807) is 24.3 Å². The minimum Gasteiger partial charge on any atom is -0.459 e. The molecule has 1 fully saturated rings. The number of ether oxygens (including phenoxy) is 3. The van der Waals surface area contributed by atoms with E-state index in [0.29, 0.717) is 24.3 Å². The van der Waals surface area contributed by atoms with Crippen LogP contribution in [0, 0.1) is 20.8 Å². The van der Waals surface area contributed by atoms with Crippen LogP contribution in [0.2, 0.25) is 0 Å². The van der Waals surface area contributed by atoms with Crippen LogP contribution in [0.5, 0.6) is 0 Å². The summed E-state index contributed by atoms with van der Waals surface area (Å²) in [6, 6.07) is 12.6. The SMILES string of the molecule is CCOP(OCC)OC1C[C@H](OC(=O)c2c(C)cc(C)cc2C)[C@@H](COC(=O)c2ccccc2)O1. The molecule has 9 heteroatoms. The van der Waals surface area contributed by atoms with E-state index < -0.39 is 39.0 Å². The van der Waals surface area contributed by atoms with Gasteiger partial charge in [-0.15, -0.1) is 0 Å². The Morgan fingerprint density at radius 2 is 1.60 bits per heavy atom. The maximum absolute atomic E-state index is 13.1. The average molecular weight is 505 g/mol. The molecule has 35 heavy (non-hydrogen) atoms. The van der Waals surface area contributed by atoms with Crippen molar-refractivity contribution in [2.24, 2.45) is 0 Å². The number of esters is 2. The van der Waals surface area contributed by atoms with Crippen LogP contribution < -0.4 is 0 Å². The lowest BCUT2D eigenvalue weighted by Crippen LogP contribution is -2.32. The smallest absolute Gasteiger partial charge is 0.339 e. The van der Waals surface area contributed by atoms with Gasteiger partial charge in [-0.25, -0.2) is 9.59 Å². The van der Waals surface area contributed by atoms with E-state index in [4.69, 9.17) is 27.8 Å². The second kappa shape index (κ2) is 13.1. The second-order valence-electron chi connectivity index (χ2n) is 8.19. The Bertz CT molecular complexity index is 967. The van der Waals surface area contributed by atoms with E-state index in [-0.39, 0.29) is 13.0 Å². The number of carbonyl (C=O) groups is 2. The van der Waals surface area contributed by atoms with Gasteiger partial charge in [-0.3, -0.25) is 4.52 Å². The van der Waals surface area contributed by atoms with E-state index in [9.17, 15) is 9.59 Å². The van der Waals surface area contributed by atoms with Crippen LogP contribution in [0.15, 0.2) is 42.5 Å². The number of rotatable bonds is 11. The Morgan fingerprint density at radius 1 is 0.971 bits per heavy atom. The molecule has 1 saturated heterocycles. The minimum absolute atomic E-state index is 0.0986. The van der Waals surface area contributed by atoms with Gasteiger partial charge in [0.2, 0.25) is 0 Å². The summed E-state index contributed by atoms with van der Waals surface area (Å²) in [4.78, 5) is 25.6. The van der Waals surface area contributed by atoms with E-state index in [1.807, 2.05) is 52.8 Å². The van der Waals surface area contributed by atoms with Crippen molar-refractivity contribution in [1.82, 2.24) is 0 Å². The zero-order valence-corrected chi connectivity index (χ0v) is 21.7. The largest absolute Gasteiger partial charge is 0.459 e. The molecule has 3 rings (SSSR count). The van der Waals surface area contributed by atoms with Crippen molar-refractivity contribution in [2.45, 2.75) is 59.5 Å². The van der Waals surface area contributed by atoms with Crippen molar-refractivity contribution in [2.75, 3.05) is 19.8 Å². The zero-order chi connectivity index (χ0) is 25.4. The molecule has 2 aromatic rings. The summed E-state index contributed by atoms with van der Waals surface area (Å²) < 4.78 is 34.2. The molecule has 190 valence electrons. The normalized spacial score (nSPS) is 19.7. The lowest BCUT2D eigenvalue weighted by atomic mass is 10.00. The lowest BCUT2D eigenvalue weighted by Gasteiger charge is -2.20. The summed E-state index contributed by atoms with van der Waals surface area (Å²) in [5.74, 6) is -0.940. The highest BCUT2D eigenvalue weighted by Gasteiger charge is 2.41. The molecule has 0 amide bonds. The van der Waals surface area contributed by atoms with Crippen LogP contribution in [-0.4, -0.2) is 50.3 Å². The van der Waals surface area contributed by atoms with Gasteiger partial charge in [0.1, 0.15) is 18.8 Å². The predicted molar refractivity (Wildman–Crippen MR) is 131 cm³/mol. The molecule has 0 aromatic heterocycles. The molecule has 8 nitrogen and oxygen atoms in total. The summed E-state index contributed by atoms with van der Waals surface area (Å²) >= 11 is 0. The number of benzene rings is 2. The lowest BCUT2D eigenvalue weighted by molar-refractivity contribution is -0.103. The monoisotopic (exact) mass is 504 g/mol. The van der Waals surface area contributed by atoms with E-state index in [0.717, 1.165) is 16.7 Å². The molecule has 0 aliphatic carbocycles. The van der Waals surface area contributed by atoms with Crippen LogP contribution in [0.1, 0.15) is 57.7 Å². The summed E-state index contributed by atoms with van der Waals surface area (Å²) in [7, 11) is -1.62. The first kappa shape index (κ1) is 27.2. The molecule has 1 aliphatic rings. The first-order valence-corrected chi connectivity index (χ1v) is 12.8. The van der Waals surface area contributed by atoms with Gasteiger partial charge in [0.15, 0.2) is 6.29 Å². The number of hydrogen-bond donors (Lipinski definition) is 0. The van der Waals surface area contributed by atoms with Crippen LogP contribution >= 0.6 is 8.60 Å². The highest BCUT2D eigenvalue weighted by Crippen LogP contribution is 2.43. The van der Waals surface area contributed by atoms with Crippen LogP contribution in [0.3, 0.4) is 0 Å². The van der Waals surface area contributed by atoms with Gasteiger partial charge < -0.3 is 23.3 Å². The van der Waals surface area contributed by atoms with E-state index >= 15 is 0 Å². The van der Waals surface area contributed by atoms with Gasteiger partial charge in [0.25, 0.3) is 0 Å². The molecule has 0 saturated carbocycles. The third-order valence-electron chi connectivity index (χ3n) is 5.37. The summed E-state index contributed by atoms with van der Waals surface area (Å²) in [6.45, 7) is 10.2. The third-order valence-corrected chi connectivity index (χ3v) is 6.71. The molecule has 3 atom stereocenters. The minimum atomic E-state index is -1.62. The summed E-state index contributed by atoms with van der Waals surface area (Å²) in [5, 5.41) is 0. The van der Waals surface area contributed by atoms with Crippen LogP contribution in [-0.2, 0) is 27.8 Å². The van der Waals surface area contributed by atoms with Crippen LogP contribution in [0.4, 0.5) is 0 Å². The predicted octanol–water partition coefficient (Wildman–Crippen LogP) is 5.43. The van der Waals surface area contributed by atoms with E-state index in [2.05, 4.69) is 0 Å². The zero-order valence-electron chi connectivity index (χ0n) is 20.8. The molecule has 1 aliphatic heterocycles. The Kier molecular flexibility index (Phi) is 10.2. The Labute approximate surface area is 207 Å². The molecule has 0 bridgehead atoms. The molecule has 0 spiro atoms. The third kappa shape index (κ3) is 7.56. The van der Waals surface area contributed by atoms with Crippen molar-refractivity contribution >= 4 is 20.5 Å². The standard InChI is InChI=1S/C26H33O8P/c1-6-30-35(31-7-2)34-23-15-21(33-26(28)24-18(4)13-17(3)14-19(24)5)22(32-23)16-29-25(27)20-11-9-8-10-12-20/h8-14,21-23H,6-7,15-16H2,1-5H3/t21-,22+,23?/m0/s1. The molecule has 1 unspecified atom stereocenters. The van der Waals surface area contributed by atoms with Crippen LogP contribution in [0.25, 0.3) is 0 Å². The van der Waals surface area contributed by atoms with Crippen molar-refractivity contribution < 1.29 is 37.4 Å². The van der Waals surface area contributed by atoms with Gasteiger partial charge in [0.05, 0.1) is 24.3 Å². The topological polar surface area (TPSA) is 89.5 Å². The molecule has 1 heterocycles. The summed E-state index contributed by atoms with van der Waals surface area (Å²) in [6.07, 6.45) is -1.88. The fraction of sp³-hybridized carbons (Fsp3) is 0.462. The van der Waals surface area contributed by atoms with Crippen molar-refractivity contribution in [3.8, 4) is 0 Å².